The van der Waals surface area contributed by atoms with Gasteiger partial charge in [0.25, 0.3) is 5.91 Å². The van der Waals surface area contributed by atoms with Crippen molar-refractivity contribution in [1.82, 2.24) is 5.32 Å². The number of imide groups is 1. The number of anilines is 1. The van der Waals surface area contributed by atoms with Crippen molar-refractivity contribution in [2.75, 3.05) is 18.6 Å². The van der Waals surface area contributed by atoms with Crippen LogP contribution in [0.15, 0.2) is 52.6 Å². The Morgan fingerprint density at radius 2 is 1.88 bits per heavy atom. The van der Waals surface area contributed by atoms with Crippen molar-refractivity contribution in [1.29, 1.82) is 0 Å². The lowest BCUT2D eigenvalue weighted by molar-refractivity contribution is -0.113. The minimum atomic E-state index is -0.484. The Bertz CT molecular complexity index is 881. The minimum Gasteiger partial charge on any atom is -0.493 e. The Morgan fingerprint density at radius 3 is 2.54 bits per heavy atom. The first kappa shape index (κ1) is 18.0. The zero-order valence-electron chi connectivity index (χ0n) is 14.3. The van der Waals surface area contributed by atoms with E-state index in [1.54, 1.807) is 49.6 Å². The monoisotopic (exact) mass is 416 g/mol. The summed E-state index contributed by atoms with van der Waals surface area (Å²) in [5.74, 6) is 0.720. The molecule has 6 nitrogen and oxygen atoms in total. The zero-order chi connectivity index (χ0) is 18.7. The van der Waals surface area contributed by atoms with Gasteiger partial charge in [0.1, 0.15) is 5.70 Å². The Balaban J connectivity index is 1.97. The summed E-state index contributed by atoms with van der Waals surface area (Å²) in [4.78, 5) is 26.0. The van der Waals surface area contributed by atoms with Gasteiger partial charge in [-0.05, 0) is 42.8 Å². The van der Waals surface area contributed by atoms with Gasteiger partial charge in [0, 0.05) is 4.47 Å². The number of urea groups is 1. The fraction of sp³-hybridized carbons (Fsp3) is 0.158. The molecule has 0 aliphatic carbocycles. The molecule has 1 aliphatic heterocycles. The third-order valence-electron chi connectivity index (χ3n) is 3.78. The van der Waals surface area contributed by atoms with E-state index in [2.05, 4.69) is 21.2 Å². The Kier molecular flexibility index (Phi) is 5.27. The molecular weight excluding hydrogens is 400 g/mol. The molecule has 26 heavy (non-hydrogen) atoms. The van der Waals surface area contributed by atoms with Gasteiger partial charge < -0.3 is 14.8 Å². The third-order valence-corrected chi connectivity index (χ3v) is 4.46. The summed E-state index contributed by atoms with van der Waals surface area (Å²) in [6.45, 7) is 2.35. The summed E-state index contributed by atoms with van der Waals surface area (Å²) in [6.07, 6.45) is 1.61. The van der Waals surface area contributed by atoms with Crippen LogP contribution in [0.25, 0.3) is 6.08 Å². The SMILES string of the molecule is CCOc1cc(/C=C2\NC(=O)N(c3ccccc3)C2=O)c(Br)cc1OC. The Morgan fingerprint density at radius 1 is 1.15 bits per heavy atom. The van der Waals surface area contributed by atoms with Gasteiger partial charge in [0.15, 0.2) is 11.5 Å². The number of ether oxygens (including phenoxy) is 2. The van der Waals surface area contributed by atoms with Crippen molar-refractivity contribution in [3.05, 3.63) is 58.2 Å². The molecule has 0 spiro atoms. The van der Waals surface area contributed by atoms with Gasteiger partial charge >= 0.3 is 6.03 Å². The maximum atomic E-state index is 12.7. The third kappa shape index (κ3) is 3.43. The summed E-state index contributed by atoms with van der Waals surface area (Å²) >= 11 is 3.46. The molecule has 0 atom stereocenters. The van der Waals surface area contributed by atoms with Crippen molar-refractivity contribution in [3.63, 3.8) is 0 Å². The Hall–Kier alpha value is -2.80. The van der Waals surface area contributed by atoms with E-state index >= 15 is 0 Å². The van der Waals surface area contributed by atoms with Gasteiger partial charge in [-0.15, -0.1) is 0 Å². The number of carbonyl (C=O) groups is 2. The highest BCUT2D eigenvalue weighted by Crippen LogP contribution is 2.35. The number of nitrogens with one attached hydrogen (secondary N) is 1. The van der Waals surface area contributed by atoms with Crippen LogP contribution >= 0.6 is 15.9 Å². The maximum absolute atomic E-state index is 12.7. The van der Waals surface area contributed by atoms with Gasteiger partial charge in [-0.3, -0.25) is 4.79 Å². The topological polar surface area (TPSA) is 67.9 Å². The van der Waals surface area contributed by atoms with Gasteiger partial charge in [-0.1, -0.05) is 34.1 Å². The summed E-state index contributed by atoms with van der Waals surface area (Å²) < 4.78 is 11.6. The quantitative estimate of drug-likeness (QED) is 0.591. The first-order chi connectivity index (χ1) is 12.5. The van der Waals surface area contributed by atoms with Crippen LogP contribution in [0, 0.1) is 0 Å². The van der Waals surface area contributed by atoms with Crippen molar-refractivity contribution < 1.29 is 19.1 Å². The summed E-state index contributed by atoms with van der Waals surface area (Å²) in [5.41, 5.74) is 1.39. The second-order valence-electron chi connectivity index (χ2n) is 5.42. The number of hydrogen-bond donors (Lipinski definition) is 1. The molecule has 1 heterocycles. The largest absolute Gasteiger partial charge is 0.493 e. The van der Waals surface area contributed by atoms with E-state index in [9.17, 15) is 9.59 Å². The van der Waals surface area contributed by atoms with Crippen molar-refractivity contribution in [2.24, 2.45) is 0 Å². The predicted molar refractivity (Wildman–Crippen MR) is 102 cm³/mol. The average Bonchev–Trinajstić information content (AvgIpc) is 2.92. The Labute approximate surface area is 159 Å². The molecule has 2 aromatic rings. The van der Waals surface area contributed by atoms with Crippen LogP contribution < -0.4 is 19.7 Å². The van der Waals surface area contributed by atoms with Gasteiger partial charge in [-0.25, -0.2) is 9.69 Å². The van der Waals surface area contributed by atoms with Crippen LogP contribution in [0.5, 0.6) is 11.5 Å². The number of hydrogen-bond acceptors (Lipinski definition) is 4. The van der Waals surface area contributed by atoms with E-state index in [0.29, 0.717) is 33.8 Å². The molecule has 0 unspecified atom stereocenters. The van der Waals surface area contributed by atoms with Gasteiger partial charge in [-0.2, -0.15) is 0 Å². The number of benzene rings is 2. The molecular formula is C19H17BrN2O4. The smallest absolute Gasteiger partial charge is 0.333 e. The van der Waals surface area contributed by atoms with E-state index in [-0.39, 0.29) is 5.70 Å². The molecule has 3 rings (SSSR count). The highest BCUT2D eigenvalue weighted by molar-refractivity contribution is 9.10. The number of halogens is 1. The van der Waals surface area contributed by atoms with Crippen LogP contribution in [-0.4, -0.2) is 25.7 Å². The van der Waals surface area contributed by atoms with E-state index in [4.69, 9.17) is 9.47 Å². The molecule has 0 saturated carbocycles. The second-order valence-corrected chi connectivity index (χ2v) is 6.28. The van der Waals surface area contributed by atoms with E-state index < -0.39 is 11.9 Å². The first-order valence-electron chi connectivity index (χ1n) is 7.97. The van der Waals surface area contributed by atoms with E-state index in [1.807, 2.05) is 13.0 Å². The molecule has 7 heteroatoms. The number of rotatable bonds is 5. The summed E-state index contributed by atoms with van der Waals surface area (Å²) in [7, 11) is 1.56. The number of methoxy groups -OCH3 is 1. The normalized spacial score (nSPS) is 15.3. The average molecular weight is 417 g/mol. The minimum absolute atomic E-state index is 0.187. The molecule has 134 valence electrons. The summed E-state index contributed by atoms with van der Waals surface area (Å²) in [5, 5.41) is 2.61. The van der Waals surface area contributed by atoms with Crippen LogP contribution in [0.4, 0.5) is 10.5 Å². The van der Waals surface area contributed by atoms with Gasteiger partial charge in [0.2, 0.25) is 0 Å². The molecule has 1 aliphatic rings. The fourth-order valence-corrected chi connectivity index (χ4v) is 3.03. The second kappa shape index (κ2) is 7.61. The molecule has 3 amide bonds. The van der Waals surface area contributed by atoms with Crippen molar-refractivity contribution in [2.45, 2.75) is 6.92 Å². The standard InChI is InChI=1S/C19H17BrN2O4/c1-3-26-17-10-12(14(20)11-16(17)25-2)9-15-18(23)22(19(24)21-15)13-7-5-4-6-8-13/h4-11H,3H2,1-2H3,(H,21,24)/b15-9-. The van der Waals surface area contributed by atoms with Crippen molar-refractivity contribution >= 4 is 39.6 Å². The lowest BCUT2D eigenvalue weighted by Gasteiger charge is -2.12. The lowest BCUT2D eigenvalue weighted by Crippen LogP contribution is -2.30. The summed E-state index contributed by atoms with van der Waals surface area (Å²) in [6, 6.07) is 11.8. The molecule has 1 N–H and O–H groups in total. The maximum Gasteiger partial charge on any atom is 0.333 e. The number of carbonyl (C=O) groups excluding carboxylic acids is 2. The highest BCUT2D eigenvalue weighted by Gasteiger charge is 2.34. The predicted octanol–water partition coefficient (Wildman–Crippen LogP) is 3.95. The van der Waals surface area contributed by atoms with Crippen molar-refractivity contribution in [3.8, 4) is 11.5 Å². The number of amides is 3. The fourth-order valence-electron chi connectivity index (χ4n) is 2.59. The molecule has 1 saturated heterocycles. The molecule has 0 bridgehead atoms. The zero-order valence-corrected chi connectivity index (χ0v) is 15.9. The van der Waals surface area contributed by atoms with E-state index in [0.717, 1.165) is 4.90 Å². The number of para-hydroxylation sites is 1. The highest BCUT2D eigenvalue weighted by atomic mass is 79.9. The first-order valence-corrected chi connectivity index (χ1v) is 8.77. The molecule has 2 aromatic carbocycles. The van der Waals surface area contributed by atoms with Crippen LogP contribution in [0.2, 0.25) is 0 Å². The van der Waals surface area contributed by atoms with Crippen LogP contribution in [0.1, 0.15) is 12.5 Å². The van der Waals surface area contributed by atoms with Crippen LogP contribution in [0.3, 0.4) is 0 Å². The molecule has 0 aromatic heterocycles. The van der Waals surface area contributed by atoms with E-state index in [1.165, 1.54) is 0 Å². The molecule has 1 fully saturated rings. The number of nitrogens with zero attached hydrogens (tertiary/aromatic N) is 1. The lowest BCUT2D eigenvalue weighted by atomic mass is 10.1. The van der Waals surface area contributed by atoms with Gasteiger partial charge in [0.05, 0.1) is 19.4 Å². The molecule has 0 radical (unpaired) electrons. The van der Waals surface area contributed by atoms with Crippen LogP contribution in [-0.2, 0) is 4.79 Å².